The highest BCUT2D eigenvalue weighted by Crippen LogP contribution is 2.26. The average molecular weight is 577 g/mol. The van der Waals surface area contributed by atoms with E-state index in [1.165, 1.54) is 18.5 Å². The molecule has 0 fully saturated rings. The van der Waals surface area contributed by atoms with Crippen LogP contribution >= 0.6 is 0 Å². The molecule has 11 heteroatoms. The van der Waals surface area contributed by atoms with Crippen LogP contribution in [-0.4, -0.2) is 44.8 Å². The van der Waals surface area contributed by atoms with Gasteiger partial charge >= 0.3 is 5.97 Å². The van der Waals surface area contributed by atoms with E-state index >= 15 is 0 Å². The maximum atomic E-state index is 14.9. The monoisotopic (exact) mass is 576 g/mol. The van der Waals surface area contributed by atoms with Crippen LogP contribution in [0, 0.1) is 12.7 Å². The summed E-state index contributed by atoms with van der Waals surface area (Å²) in [4.78, 5) is 32.2. The SMILES string of the molecule is CCOC(=O)CCCCCCNC(=O)/C(F)=C/c1c(C)ncnc1Nc1ccc2c(cnn2Cc2cccc(F)c2)c1. The number of halogens is 2. The zero-order valence-corrected chi connectivity index (χ0v) is 23.7. The first-order valence-corrected chi connectivity index (χ1v) is 13.9. The summed E-state index contributed by atoms with van der Waals surface area (Å²) in [5, 5.41) is 11.1. The van der Waals surface area contributed by atoms with Crippen molar-refractivity contribution in [2.75, 3.05) is 18.5 Å². The number of nitrogens with zero attached hydrogens (tertiary/aromatic N) is 4. The molecular formula is C31H34F2N6O3. The number of unbranched alkanes of at least 4 members (excludes halogenated alkanes) is 3. The molecule has 0 aliphatic heterocycles. The third-order valence-electron chi connectivity index (χ3n) is 6.60. The molecule has 2 heterocycles. The zero-order valence-electron chi connectivity index (χ0n) is 23.7. The Labute approximate surface area is 243 Å². The molecule has 2 N–H and O–H groups in total. The minimum Gasteiger partial charge on any atom is -0.466 e. The molecule has 0 atom stereocenters. The molecular weight excluding hydrogens is 542 g/mol. The van der Waals surface area contributed by atoms with Gasteiger partial charge in [0, 0.05) is 29.6 Å². The number of carbonyl (C=O) groups is 2. The Bertz CT molecular complexity index is 1570. The quantitative estimate of drug-likeness (QED) is 0.108. The lowest BCUT2D eigenvalue weighted by molar-refractivity contribution is -0.143. The van der Waals surface area contributed by atoms with E-state index in [0.29, 0.717) is 61.7 Å². The topological polar surface area (TPSA) is 111 Å². The number of esters is 1. The van der Waals surface area contributed by atoms with Crippen molar-refractivity contribution in [3.05, 3.63) is 83.5 Å². The van der Waals surface area contributed by atoms with Gasteiger partial charge in [-0.15, -0.1) is 0 Å². The molecule has 9 nitrogen and oxygen atoms in total. The second-order valence-electron chi connectivity index (χ2n) is 9.77. The number of aryl methyl sites for hydroxylation is 1. The third kappa shape index (κ3) is 8.42. The summed E-state index contributed by atoms with van der Waals surface area (Å²) in [7, 11) is 0. The van der Waals surface area contributed by atoms with Crippen LogP contribution in [0.5, 0.6) is 0 Å². The molecule has 0 saturated carbocycles. The predicted octanol–water partition coefficient (Wildman–Crippen LogP) is 6.01. The highest BCUT2D eigenvalue weighted by Gasteiger charge is 2.14. The second-order valence-corrected chi connectivity index (χ2v) is 9.77. The van der Waals surface area contributed by atoms with Crippen LogP contribution in [0.3, 0.4) is 0 Å². The molecule has 4 aromatic rings. The minimum atomic E-state index is -0.952. The van der Waals surface area contributed by atoms with Crippen LogP contribution in [0.15, 0.2) is 60.8 Å². The lowest BCUT2D eigenvalue weighted by Crippen LogP contribution is -2.24. The first kappa shape index (κ1) is 30.3. The van der Waals surface area contributed by atoms with Crippen molar-refractivity contribution in [3.63, 3.8) is 0 Å². The summed E-state index contributed by atoms with van der Waals surface area (Å²) in [6.07, 6.45) is 7.60. The van der Waals surface area contributed by atoms with E-state index in [-0.39, 0.29) is 11.8 Å². The van der Waals surface area contributed by atoms with Crippen molar-refractivity contribution in [2.45, 2.75) is 52.5 Å². The molecule has 0 radical (unpaired) electrons. The van der Waals surface area contributed by atoms with Gasteiger partial charge in [0.25, 0.3) is 5.91 Å². The van der Waals surface area contributed by atoms with Gasteiger partial charge in [-0.1, -0.05) is 25.0 Å². The van der Waals surface area contributed by atoms with Crippen LogP contribution in [-0.2, 0) is 20.9 Å². The van der Waals surface area contributed by atoms with E-state index in [2.05, 4.69) is 25.7 Å². The van der Waals surface area contributed by atoms with E-state index in [1.807, 2.05) is 24.3 Å². The van der Waals surface area contributed by atoms with E-state index in [9.17, 15) is 18.4 Å². The highest BCUT2D eigenvalue weighted by atomic mass is 19.1. The first-order chi connectivity index (χ1) is 20.3. The Morgan fingerprint density at radius 2 is 1.90 bits per heavy atom. The summed E-state index contributed by atoms with van der Waals surface area (Å²) in [6, 6.07) is 12.0. The summed E-state index contributed by atoms with van der Waals surface area (Å²) in [5.41, 5.74) is 3.21. The van der Waals surface area contributed by atoms with Crippen LogP contribution in [0.2, 0.25) is 0 Å². The van der Waals surface area contributed by atoms with E-state index < -0.39 is 11.7 Å². The van der Waals surface area contributed by atoms with E-state index in [1.54, 1.807) is 30.8 Å². The van der Waals surface area contributed by atoms with Gasteiger partial charge in [0.1, 0.15) is 18.0 Å². The number of aromatic nitrogens is 4. The first-order valence-electron chi connectivity index (χ1n) is 13.9. The summed E-state index contributed by atoms with van der Waals surface area (Å²) in [6.45, 7) is 4.60. The lowest BCUT2D eigenvalue weighted by Gasteiger charge is -2.11. The van der Waals surface area contributed by atoms with Gasteiger partial charge < -0.3 is 15.4 Å². The number of nitrogens with one attached hydrogen (secondary N) is 2. The van der Waals surface area contributed by atoms with Crippen molar-refractivity contribution >= 4 is 40.4 Å². The molecule has 0 unspecified atom stereocenters. The maximum Gasteiger partial charge on any atom is 0.305 e. The minimum absolute atomic E-state index is 0.207. The number of fused-ring (bicyclic) bond motifs is 1. The molecule has 0 aliphatic rings. The van der Waals surface area contributed by atoms with Gasteiger partial charge in [0.05, 0.1) is 30.6 Å². The average Bonchev–Trinajstić information content (AvgIpc) is 3.36. The van der Waals surface area contributed by atoms with Gasteiger partial charge in [-0.05, 0) is 68.7 Å². The number of carbonyl (C=O) groups excluding carboxylic acids is 2. The van der Waals surface area contributed by atoms with E-state index in [4.69, 9.17) is 4.74 Å². The standard InChI is InChI=1S/C31H34F2N6O3/c1-3-42-29(40)11-6-4-5-7-14-34-31(41)27(33)17-26-21(2)35-20-36-30(26)38-25-12-13-28-23(16-25)18-37-39(28)19-22-9-8-10-24(32)15-22/h8-10,12-13,15-18,20H,3-7,11,14,19H2,1-2H3,(H,34,41)(H,35,36,38)/b27-17-. The molecule has 0 aliphatic carbocycles. The second kappa shape index (κ2) is 14.8. The fraction of sp³-hybridized carbons (Fsp3) is 0.323. The molecule has 0 bridgehead atoms. The maximum absolute atomic E-state index is 14.9. The number of ether oxygens (including phenoxy) is 1. The summed E-state index contributed by atoms with van der Waals surface area (Å²) < 4.78 is 35.1. The largest absolute Gasteiger partial charge is 0.466 e. The van der Waals surface area contributed by atoms with Gasteiger partial charge in [-0.2, -0.15) is 5.10 Å². The molecule has 220 valence electrons. The van der Waals surface area contributed by atoms with Gasteiger partial charge in [0.2, 0.25) is 0 Å². The smallest absolute Gasteiger partial charge is 0.305 e. The Kier molecular flexibility index (Phi) is 10.7. The van der Waals surface area contributed by atoms with Crippen LogP contribution in [0.1, 0.15) is 55.8 Å². The number of hydrogen-bond donors (Lipinski definition) is 2. The van der Waals surface area contributed by atoms with Gasteiger partial charge in [-0.25, -0.2) is 18.7 Å². The highest BCUT2D eigenvalue weighted by molar-refractivity contribution is 5.96. The van der Waals surface area contributed by atoms with Crippen molar-refractivity contribution in [3.8, 4) is 0 Å². The third-order valence-corrected chi connectivity index (χ3v) is 6.60. The fourth-order valence-corrected chi connectivity index (χ4v) is 4.45. The van der Waals surface area contributed by atoms with Crippen molar-refractivity contribution in [1.29, 1.82) is 0 Å². The van der Waals surface area contributed by atoms with Crippen LogP contribution in [0.4, 0.5) is 20.3 Å². The Balaban J connectivity index is 1.36. The molecule has 2 aromatic heterocycles. The van der Waals surface area contributed by atoms with Gasteiger partial charge in [-0.3, -0.25) is 14.3 Å². The number of rotatable bonds is 14. The number of benzene rings is 2. The Morgan fingerprint density at radius 3 is 2.71 bits per heavy atom. The van der Waals surface area contributed by atoms with Crippen LogP contribution in [0.25, 0.3) is 17.0 Å². The number of anilines is 2. The van der Waals surface area contributed by atoms with Crippen LogP contribution < -0.4 is 10.6 Å². The Hall–Kier alpha value is -4.67. The summed E-state index contributed by atoms with van der Waals surface area (Å²) >= 11 is 0. The van der Waals surface area contributed by atoms with Crippen molar-refractivity contribution < 1.29 is 23.1 Å². The predicted molar refractivity (Wildman–Crippen MR) is 157 cm³/mol. The normalized spacial score (nSPS) is 11.5. The molecule has 4 rings (SSSR count). The molecule has 1 amide bonds. The van der Waals surface area contributed by atoms with Crippen molar-refractivity contribution in [1.82, 2.24) is 25.1 Å². The lowest BCUT2D eigenvalue weighted by atomic mass is 10.1. The number of hydrogen-bond acceptors (Lipinski definition) is 7. The zero-order chi connectivity index (χ0) is 29.9. The molecule has 2 aromatic carbocycles. The fourth-order valence-electron chi connectivity index (χ4n) is 4.45. The van der Waals surface area contributed by atoms with Crippen molar-refractivity contribution in [2.24, 2.45) is 0 Å². The molecule has 42 heavy (non-hydrogen) atoms. The number of amides is 1. The Morgan fingerprint density at radius 1 is 1.07 bits per heavy atom. The van der Waals surface area contributed by atoms with E-state index in [0.717, 1.165) is 35.4 Å². The summed E-state index contributed by atoms with van der Waals surface area (Å²) in [5.74, 6) is -1.93. The van der Waals surface area contributed by atoms with Gasteiger partial charge in [0.15, 0.2) is 5.83 Å². The molecule has 0 spiro atoms. The molecule has 0 saturated heterocycles.